The molecule has 0 amide bonds. The zero-order valence-corrected chi connectivity index (χ0v) is 13.3. The van der Waals surface area contributed by atoms with Gasteiger partial charge >= 0.3 is 5.97 Å². The second-order valence-electron chi connectivity index (χ2n) is 5.02. The maximum Gasteiger partial charge on any atom is 0.337 e. The minimum absolute atomic E-state index is 0.150. The predicted molar refractivity (Wildman–Crippen MR) is 87.6 cm³/mol. The van der Waals surface area contributed by atoms with Crippen molar-refractivity contribution in [3.05, 3.63) is 72.3 Å². The Balaban J connectivity index is 1.95. The lowest BCUT2D eigenvalue weighted by molar-refractivity contribution is 0.0600. The van der Waals surface area contributed by atoms with E-state index < -0.39 is 11.8 Å². The minimum Gasteiger partial charge on any atom is -0.465 e. The molecule has 126 valence electrons. The van der Waals surface area contributed by atoms with Crippen LogP contribution in [-0.4, -0.2) is 33.0 Å². The van der Waals surface area contributed by atoms with Gasteiger partial charge in [0.15, 0.2) is 5.82 Å². The van der Waals surface area contributed by atoms with Gasteiger partial charge in [0.2, 0.25) is 0 Å². The molecule has 0 saturated heterocycles. The summed E-state index contributed by atoms with van der Waals surface area (Å²) in [5.74, 6) is -0.0533. The summed E-state index contributed by atoms with van der Waals surface area (Å²) in [5.41, 5.74) is 0.522. The van der Waals surface area contributed by atoms with Crippen molar-refractivity contribution in [3.63, 3.8) is 0 Å². The molecule has 0 unspecified atom stereocenters. The van der Waals surface area contributed by atoms with Crippen LogP contribution in [0.1, 0.15) is 15.9 Å². The topological polar surface area (TPSA) is 81.1 Å². The van der Waals surface area contributed by atoms with Crippen molar-refractivity contribution >= 4 is 17.6 Å². The normalized spacial score (nSPS) is 10.3. The van der Waals surface area contributed by atoms with Crippen LogP contribution in [0, 0.1) is 5.82 Å². The van der Waals surface area contributed by atoms with Crippen molar-refractivity contribution in [2.75, 3.05) is 12.0 Å². The third-order valence-corrected chi connectivity index (χ3v) is 3.47. The first kappa shape index (κ1) is 16.4. The fraction of sp³-hybridized carbons (Fsp3) is 0.118. The number of aromatic nitrogens is 4. The second kappa shape index (κ2) is 7.43. The van der Waals surface area contributed by atoms with Crippen LogP contribution in [0.2, 0.25) is 0 Å². The molecule has 0 saturated carbocycles. The van der Waals surface area contributed by atoms with Crippen molar-refractivity contribution in [2.24, 2.45) is 0 Å². The standard InChI is InChI=1S/C17H14FN5O2/c1-25-17(24)12-2-3-13(14(18)8-12)10-23(15-4-5-20-11-22-15)16-9-19-6-7-21-16/h2-9,11H,10H2,1H3. The Hall–Kier alpha value is -3.42. The third-order valence-electron chi connectivity index (χ3n) is 3.47. The lowest BCUT2D eigenvalue weighted by Gasteiger charge is -2.22. The monoisotopic (exact) mass is 339 g/mol. The van der Waals surface area contributed by atoms with E-state index in [1.54, 1.807) is 35.8 Å². The molecule has 0 N–H and O–H groups in total. The summed E-state index contributed by atoms with van der Waals surface area (Å²) >= 11 is 0. The van der Waals surface area contributed by atoms with E-state index in [1.807, 2.05) is 0 Å². The highest BCUT2D eigenvalue weighted by atomic mass is 19.1. The lowest BCUT2D eigenvalue weighted by atomic mass is 10.1. The Morgan fingerprint density at radius 1 is 1.12 bits per heavy atom. The molecule has 1 aromatic carbocycles. The number of hydrogen-bond acceptors (Lipinski definition) is 7. The lowest BCUT2D eigenvalue weighted by Crippen LogP contribution is -2.20. The summed E-state index contributed by atoms with van der Waals surface area (Å²) in [5, 5.41) is 0. The zero-order valence-electron chi connectivity index (χ0n) is 13.3. The summed E-state index contributed by atoms with van der Waals surface area (Å²) in [4.78, 5) is 29.6. The second-order valence-corrected chi connectivity index (χ2v) is 5.02. The maximum atomic E-state index is 14.4. The summed E-state index contributed by atoms with van der Waals surface area (Å²) in [6.07, 6.45) is 7.63. The van der Waals surface area contributed by atoms with Crippen LogP contribution < -0.4 is 4.90 Å². The van der Waals surface area contributed by atoms with E-state index in [2.05, 4.69) is 24.7 Å². The van der Waals surface area contributed by atoms with E-state index >= 15 is 0 Å². The Bertz CT molecular complexity index is 822. The molecule has 0 atom stereocenters. The smallest absolute Gasteiger partial charge is 0.337 e. The van der Waals surface area contributed by atoms with Gasteiger partial charge in [-0.05, 0) is 18.2 Å². The highest BCUT2D eigenvalue weighted by Crippen LogP contribution is 2.24. The molecule has 0 fully saturated rings. The molecule has 0 aliphatic rings. The first-order chi connectivity index (χ1) is 12.2. The van der Waals surface area contributed by atoms with Gasteiger partial charge < -0.3 is 9.64 Å². The number of carbonyl (C=O) groups excluding carboxylic acids is 1. The number of esters is 1. The van der Waals surface area contributed by atoms with Crippen molar-refractivity contribution in [3.8, 4) is 0 Å². The molecule has 0 spiro atoms. The van der Waals surface area contributed by atoms with Gasteiger partial charge in [0.25, 0.3) is 0 Å². The first-order valence-electron chi connectivity index (χ1n) is 7.35. The molecule has 3 aromatic rings. The SMILES string of the molecule is COC(=O)c1ccc(CN(c2ccncn2)c2cnccn2)c(F)c1. The fourth-order valence-electron chi connectivity index (χ4n) is 2.24. The molecular formula is C17H14FN5O2. The number of hydrogen-bond donors (Lipinski definition) is 0. The van der Waals surface area contributed by atoms with Gasteiger partial charge in [0, 0.05) is 24.2 Å². The van der Waals surface area contributed by atoms with Crippen molar-refractivity contribution < 1.29 is 13.9 Å². The van der Waals surface area contributed by atoms with Crippen LogP contribution in [0.4, 0.5) is 16.0 Å². The van der Waals surface area contributed by atoms with Gasteiger partial charge in [-0.3, -0.25) is 4.98 Å². The molecule has 0 bridgehead atoms. The van der Waals surface area contributed by atoms with Crippen LogP contribution in [0.25, 0.3) is 0 Å². The predicted octanol–water partition coefficient (Wildman–Crippen LogP) is 2.53. The fourth-order valence-corrected chi connectivity index (χ4v) is 2.24. The summed E-state index contributed by atoms with van der Waals surface area (Å²) in [6.45, 7) is 0.156. The highest BCUT2D eigenvalue weighted by Gasteiger charge is 2.16. The highest BCUT2D eigenvalue weighted by molar-refractivity contribution is 5.89. The van der Waals surface area contributed by atoms with Crippen LogP contribution in [0.5, 0.6) is 0 Å². The summed E-state index contributed by atoms with van der Waals surface area (Å²) in [6, 6.07) is 5.89. The largest absolute Gasteiger partial charge is 0.465 e. The Morgan fingerprint density at radius 3 is 2.64 bits per heavy atom. The summed E-state index contributed by atoms with van der Waals surface area (Å²) < 4.78 is 19.0. The molecule has 0 aliphatic carbocycles. The van der Waals surface area contributed by atoms with Crippen molar-refractivity contribution in [2.45, 2.75) is 6.54 Å². The Morgan fingerprint density at radius 2 is 2.00 bits per heavy atom. The van der Waals surface area contributed by atoms with E-state index in [-0.39, 0.29) is 12.1 Å². The quantitative estimate of drug-likeness (QED) is 0.661. The van der Waals surface area contributed by atoms with Gasteiger partial charge in [-0.25, -0.2) is 24.1 Å². The number of rotatable bonds is 5. The number of methoxy groups -OCH3 is 1. The molecule has 0 radical (unpaired) electrons. The number of benzene rings is 1. The van der Waals surface area contributed by atoms with Crippen molar-refractivity contribution in [1.29, 1.82) is 0 Å². The van der Waals surface area contributed by atoms with Crippen LogP contribution >= 0.6 is 0 Å². The number of carbonyl (C=O) groups is 1. The van der Waals surface area contributed by atoms with E-state index in [0.717, 1.165) is 6.07 Å². The molecule has 3 rings (SSSR count). The number of nitrogens with zero attached hydrogens (tertiary/aromatic N) is 5. The number of halogens is 1. The van der Waals surface area contributed by atoms with E-state index in [0.29, 0.717) is 17.2 Å². The summed E-state index contributed by atoms with van der Waals surface area (Å²) in [7, 11) is 1.25. The molecular weight excluding hydrogens is 325 g/mol. The average molecular weight is 339 g/mol. The molecule has 25 heavy (non-hydrogen) atoms. The molecule has 0 aliphatic heterocycles. The Kier molecular flexibility index (Phi) is 4.89. The third kappa shape index (κ3) is 3.74. The molecule has 8 heteroatoms. The molecule has 7 nitrogen and oxygen atoms in total. The number of anilines is 2. The molecule has 2 heterocycles. The Labute approximate surface area is 143 Å². The van der Waals surface area contributed by atoms with E-state index in [1.165, 1.54) is 25.6 Å². The van der Waals surface area contributed by atoms with Gasteiger partial charge in [-0.2, -0.15) is 0 Å². The van der Waals surface area contributed by atoms with E-state index in [9.17, 15) is 9.18 Å². The van der Waals surface area contributed by atoms with Crippen molar-refractivity contribution in [1.82, 2.24) is 19.9 Å². The van der Waals surface area contributed by atoms with Crippen LogP contribution in [-0.2, 0) is 11.3 Å². The van der Waals surface area contributed by atoms with Gasteiger partial charge in [0.05, 0.1) is 25.4 Å². The first-order valence-corrected chi connectivity index (χ1v) is 7.35. The van der Waals surface area contributed by atoms with Gasteiger partial charge in [0.1, 0.15) is 18.0 Å². The van der Waals surface area contributed by atoms with E-state index in [4.69, 9.17) is 0 Å². The van der Waals surface area contributed by atoms with Gasteiger partial charge in [-0.15, -0.1) is 0 Å². The average Bonchev–Trinajstić information content (AvgIpc) is 2.67. The number of ether oxygens (including phenoxy) is 1. The zero-order chi connectivity index (χ0) is 17.6. The molecule has 2 aromatic heterocycles. The maximum absolute atomic E-state index is 14.4. The minimum atomic E-state index is -0.591. The van der Waals surface area contributed by atoms with Crippen LogP contribution in [0.15, 0.2) is 55.4 Å². The van der Waals surface area contributed by atoms with Crippen LogP contribution in [0.3, 0.4) is 0 Å². The van der Waals surface area contributed by atoms with Gasteiger partial charge in [-0.1, -0.05) is 6.07 Å².